The Morgan fingerprint density at radius 1 is 0.870 bits per heavy atom. The van der Waals surface area contributed by atoms with Crippen LogP contribution in [0.15, 0.2) is 72.8 Å². The standard InChI is InChI=1S/C19H16ClNO2/c20-18-12-15(9-10-19(18)22)21-13-14-5-4-8-17(11-14)23-16-6-2-1-3-7-16/h1-12,21-22H,13H2. The van der Waals surface area contributed by atoms with E-state index in [1.54, 1.807) is 18.2 Å². The molecule has 2 N–H and O–H groups in total. The highest BCUT2D eigenvalue weighted by Gasteiger charge is 2.02. The molecule has 0 radical (unpaired) electrons. The molecule has 0 bridgehead atoms. The van der Waals surface area contributed by atoms with Crippen LogP contribution in [0.4, 0.5) is 5.69 Å². The highest BCUT2D eigenvalue weighted by molar-refractivity contribution is 6.32. The smallest absolute Gasteiger partial charge is 0.134 e. The molecule has 3 nitrogen and oxygen atoms in total. The lowest BCUT2D eigenvalue weighted by atomic mass is 10.2. The fourth-order valence-electron chi connectivity index (χ4n) is 2.16. The maximum Gasteiger partial charge on any atom is 0.134 e. The predicted octanol–water partition coefficient (Wildman–Crippen LogP) is 5.45. The van der Waals surface area contributed by atoms with Crippen molar-refractivity contribution in [3.05, 3.63) is 83.4 Å². The molecular formula is C19H16ClNO2. The van der Waals surface area contributed by atoms with E-state index < -0.39 is 0 Å². The van der Waals surface area contributed by atoms with Crippen LogP contribution in [-0.2, 0) is 6.54 Å². The van der Waals surface area contributed by atoms with E-state index in [0.717, 1.165) is 22.7 Å². The minimum Gasteiger partial charge on any atom is -0.506 e. The maximum absolute atomic E-state index is 9.43. The molecule has 0 unspecified atom stereocenters. The van der Waals surface area contributed by atoms with Gasteiger partial charge in [0.25, 0.3) is 0 Å². The van der Waals surface area contributed by atoms with Crippen LogP contribution < -0.4 is 10.1 Å². The molecule has 0 spiro atoms. The Hall–Kier alpha value is -2.65. The zero-order valence-corrected chi connectivity index (χ0v) is 13.1. The first-order chi connectivity index (χ1) is 11.2. The summed E-state index contributed by atoms with van der Waals surface area (Å²) in [6.45, 7) is 0.632. The minimum atomic E-state index is 0.0791. The van der Waals surface area contributed by atoms with Gasteiger partial charge in [-0.3, -0.25) is 0 Å². The lowest BCUT2D eigenvalue weighted by Gasteiger charge is -2.10. The third-order valence-corrected chi connectivity index (χ3v) is 3.62. The summed E-state index contributed by atoms with van der Waals surface area (Å²) < 4.78 is 5.82. The molecule has 116 valence electrons. The summed E-state index contributed by atoms with van der Waals surface area (Å²) in [6, 6.07) is 22.6. The molecule has 0 aromatic heterocycles. The van der Waals surface area contributed by atoms with Gasteiger partial charge in [-0.15, -0.1) is 0 Å². The molecule has 0 atom stereocenters. The Balaban J connectivity index is 1.66. The number of aromatic hydroxyl groups is 1. The van der Waals surface area contributed by atoms with E-state index in [2.05, 4.69) is 5.32 Å². The molecule has 3 aromatic carbocycles. The molecule has 23 heavy (non-hydrogen) atoms. The molecule has 0 aliphatic heterocycles. The van der Waals surface area contributed by atoms with Gasteiger partial charge in [0.1, 0.15) is 17.2 Å². The molecule has 0 saturated heterocycles. The molecule has 0 saturated carbocycles. The summed E-state index contributed by atoms with van der Waals surface area (Å²) in [4.78, 5) is 0. The summed E-state index contributed by atoms with van der Waals surface area (Å²) in [5, 5.41) is 13.0. The van der Waals surface area contributed by atoms with Gasteiger partial charge < -0.3 is 15.2 Å². The molecule has 3 rings (SSSR count). The van der Waals surface area contributed by atoms with Gasteiger partial charge in [0.2, 0.25) is 0 Å². The number of para-hydroxylation sites is 1. The number of ether oxygens (including phenoxy) is 1. The van der Waals surface area contributed by atoms with E-state index in [0.29, 0.717) is 11.6 Å². The van der Waals surface area contributed by atoms with Crippen molar-refractivity contribution >= 4 is 17.3 Å². The van der Waals surface area contributed by atoms with Gasteiger partial charge in [-0.05, 0) is 48.0 Å². The average molecular weight is 326 g/mol. The second kappa shape index (κ2) is 7.07. The van der Waals surface area contributed by atoms with Crippen LogP contribution in [0.2, 0.25) is 5.02 Å². The van der Waals surface area contributed by atoms with Crippen molar-refractivity contribution < 1.29 is 9.84 Å². The highest BCUT2D eigenvalue weighted by atomic mass is 35.5. The fourth-order valence-corrected chi connectivity index (χ4v) is 2.35. The van der Waals surface area contributed by atoms with E-state index >= 15 is 0 Å². The normalized spacial score (nSPS) is 10.3. The lowest BCUT2D eigenvalue weighted by Crippen LogP contribution is -1.99. The van der Waals surface area contributed by atoms with Crippen LogP contribution in [0.25, 0.3) is 0 Å². The summed E-state index contributed by atoms with van der Waals surface area (Å²) in [7, 11) is 0. The Morgan fingerprint density at radius 2 is 1.65 bits per heavy atom. The SMILES string of the molecule is Oc1ccc(NCc2cccc(Oc3ccccc3)c2)cc1Cl. The van der Waals surface area contributed by atoms with Crippen LogP contribution in [0.3, 0.4) is 0 Å². The number of halogens is 1. The number of rotatable bonds is 5. The molecule has 3 aromatic rings. The molecule has 0 heterocycles. The van der Waals surface area contributed by atoms with Crippen molar-refractivity contribution in [2.24, 2.45) is 0 Å². The maximum atomic E-state index is 9.43. The van der Waals surface area contributed by atoms with E-state index in [1.807, 2.05) is 54.6 Å². The highest BCUT2D eigenvalue weighted by Crippen LogP contribution is 2.27. The topological polar surface area (TPSA) is 41.5 Å². The van der Waals surface area contributed by atoms with Gasteiger partial charge in [0.15, 0.2) is 0 Å². The third-order valence-electron chi connectivity index (χ3n) is 3.32. The van der Waals surface area contributed by atoms with E-state index in [9.17, 15) is 5.11 Å². The summed E-state index contributed by atoms with van der Waals surface area (Å²) in [6.07, 6.45) is 0. The number of phenols is 1. The van der Waals surface area contributed by atoms with Gasteiger partial charge in [-0.25, -0.2) is 0 Å². The van der Waals surface area contributed by atoms with Gasteiger partial charge in [0.05, 0.1) is 5.02 Å². The number of benzene rings is 3. The van der Waals surface area contributed by atoms with Crippen molar-refractivity contribution in [1.29, 1.82) is 0 Å². The van der Waals surface area contributed by atoms with Crippen LogP contribution in [0.1, 0.15) is 5.56 Å². The Morgan fingerprint density at radius 3 is 2.43 bits per heavy atom. The van der Waals surface area contributed by atoms with Gasteiger partial charge in [-0.2, -0.15) is 0 Å². The van der Waals surface area contributed by atoms with Crippen LogP contribution in [0, 0.1) is 0 Å². The largest absolute Gasteiger partial charge is 0.506 e. The van der Waals surface area contributed by atoms with E-state index in [-0.39, 0.29) is 5.75 Å². The molecule has 0 aliphatic carbocycles. The number of hydrogen-bond donors (Lipinski definition) is 2. The van der Waals surface area contributed by atoms with Crippen molar-refractivity contribution in [2.75, 3.05) is 5.32 Å². The number of phenolic OH excluding ortho intramolecular Hbond substituents is 1. The molecule has 0 amide bonds. The second-order valence-electron chi connectivity index (χ2n) is 5.08. The van der Waals surface area contributed by atoms with Crippen LogP contribution >= 0.6 is 11.6 Å². The second-order valence-corrected chi connectivity index (χ2v) is 5.49. The van der Waals surface area contributed by atoms with Crippen molar-refractivity contribution in [2.45, 2.75) is 6.54 Å². The third kappa shape index (κ3) is 4.18. The molecular weight excluding hydrogens is 310 g/mol. The van der Waals surface area contributed by atoms with Gasteiger partial charge in [0, 0.05) is 12.2 Å². The average Bonchev–Trinajstić information content (AvgIpc) is 2.57. The van der Waals surface area contributed by atoms with Gasteiger partial charge in [-0.1, -0.05) is 41.9 Å². The molecule has 0 fully saturated rings. The van der Waals surface area contributed by atoms with Crippen molar-refractivity contribution in [3.63, 3.8) is 0 Å². The summed E-state index contributed by atoms with van der Waals surface area (Å²) in [5.41, 5.74) is 1.94. The Kier molecular flexibility index (Phi) is 4.69. The quantitative estimate of drug-likeness (QED) is 0.613. The van der Waals surface area contributed by atoms with Gasteiger partial charge >= 0.3 is 0 Å². The fraction of sp³-hybridized carbons (Fsp3) is 0.0526. The summed E-state index contributed by atoms with van der Waals surface area (Å²) >= 11 is 5.90. The number of hydrogen-bond acceptors (Lipinski definition) is 3. The Labute approximate surface area is 140 Å². The number of anilines is 1. The molecule has 0 aliphatic rings. The van der Waals surface area contributed by atoms with Crippen LogP contribution in [0.5, 0.6) is 17.2 Å². The Bertz CT molecular complexity index is 790. The van der Waals surface area contributed by atoms with Crippen LogP contribution in [-0.4, -0.2) is 5.11 Å². The zero-order chi connectivity index (χ0) is 16.1. The first kappa shape index (κ1) is 15.3. The van der Waals surface area contributed by atoms with Crippen molar-refractivity contribution in [3.8, 4) is 17.2 Å². The number of nitrogens with one attached hydrogen (secondary N) is 1. The predicted molar refractivity (Wildman–Crippen MR) is 93.4 cm³/mol. The van der Waals surface area contributed by atoms with E-state index in [4.69, 9.17) is 16.3 Å². The first-order valence-electron chi connectivity index (χ1n) is 7.25. The van der Waals surface area contributed by atoms with Crippen molar-refractivity contribution in [1.82, 2.24) is 0 Å². The first-order valence-corrected chi connectivity index (χ1v) is 7.63. The monoisotopic (exact) mass is 325 g/mol. The zero-order valence-electron chi connectivity index (χ0n) is 12.4. The molecule has 4 heteroatoms. The summed E-state index contributed by atoms with van der Waals surface area (Å²) in [5.74, 6) is 1.68. The minimum absolute atomic E-state index is 0.0791. The lowest BCUT2D eigenvalue weighted by molar-refractivity contribution is 0.475. The van der Waals surface area contributed by atoms with E-state index in [1.165, 1.54) is 0 Å².